The minimum absolute atomic E-state index is 0.0681. The number of Topliss-reactive ketones (excluding diaryl/α,β-unsaturated/α-hetero) is 1. The molecule has 1 amide bonds. The topological polar surface area (TPSA) is 105 Å². The largest absolute Gasteiger partial charge is 0.481 e. The van der Waals surface area contributed by atoms with Gasteiger partial charge >= 0.3 is 12.1 Å². The van der Waals surface area contributed by atoms with E-state index in [-0.39, 0.29) is 47.8 Å². The highest BCUT2D eigenvalue weighted by atomic mass is 35.5. The first-order chi connectivity index (χ1) is 18.1. The van der Waals surface area contributed by atoms with Gasteiger partial charge in [-0.25, -0.2) is 0 Å². The van der Waals surface area contributed by atoms with Gasteiger partial charge in [-0.05, 0) is 46.5 Å². The fourth-order valence-electron chi connectivity index (χ4n) is 4.35. The molecule has 1 aliphatic rings. The standard InChI is InChI=1S/C26H27Cl2F3N4O4/c1-25(2,3)9-4-10-34(14-20(36)21-18(27)12-32-13-19(21)28)23(37)17-11-33-35(22(17)26(29,30)31)16-7-5-15(6-8-16)24(38)39/h11-13,15-16H,5-8,10,14H2,1-3H3,(H,38,39)/t15-,16-. The Bertz CT molecular complexity index is 1300. The van der Waals surface area contributed by atoms with E-state index in [0.29, 0.717) is 0 Å². The Hall–Kier alpha value is -3.10. The molecule has 2 aromatic rings. The monoisotopic (exact) mass is 586 g/mol. The third kappa shape index (κ3) is 7.51. The fourth-order valence-corrected chi connectivity index (χ4v) is 4.92. The molecule has 13 heteroatoms. The molecular weight excluding hydrogens is 560 g/mol. The Morgan fingerprint density at radius 1 is 1.08 bits per heavy atom. The number of amides is 1. The second-order valence-electron chi connectivity index (χ2n) is 10.3. The zero-order valence-corrected chi connectivity index (χ0v) is 23.0. The number of ketones is 1. The van der Waals surface area contributed by atoms with Crippen LogP contribution in [0.5, 0.6) is 0 Å². The summed E-state index contributed by atoms with van der Waals surface area (Å²) >= 11 is 12.1. The van der Waals surface area contributed by atoms with Gasteiger partial charge in [-0.1, -0.05) is 35.0 Å². The SMILES string of the molecule is CC(C)(C)C#CCN(CC(=O)c1c(Cl)cncc1Cl)C(=O)c1cnn([C@H]2CC[C@H](C(=O)O)CC2)c1C(F)(F)F. The summed E-state index contributed by atoms with van der Waals surface area (Å²) in [5.41, 5.74) is -2.57. The van der Waals surface area contributed by atoms with Gasteiger partial charge in [-0.15, -0.1) is 0 Å². The van der Waals surface area contributed by atoms with Crippen molar-refractivity contribution >= 4 is 40.9 Å². The molecule has 0 aromatic carbocycles. The zero-order chi connectivity index (χ0) is 29.1. The maximum absolute atomic E-state index is 14.3. The summed E-state index contributed by atoms with van der Waals surface area (Å²) in [5.74, 6) is 2.24. The van der Waals surface area contributed by atoms with Gasteiger partial charge in [0, 0.05) is 17.8 Å². The van der Waals surface area contributed by atoms with E-state index in [1.807, 2.05) is 20.8 Å². The van der Waals surface area contributed by atoms with Crippen LogP contribution in [-0.4, -0.2) is 55.5 Å². The van der Waals surface area contributed by atoms with Crippen LogP contribution in [0.25, 0.3) is 0 Å². The highest BCUT2D eigenvalue weighted by Crippen LogP contribution is 2.39. The fraction of sp³-hybridized carbons (Fsp3) is 0.500. The molecular formula is C26H27Cl2F3N4O4. The number of hydrogen-bond acceptors (Lipinski definition) is 5. The molecule has 0 unspecified atom stereocenters. The summed E-state index contributed by atoms with van der Waals surface area (Å²) in [7, 11) is 0. The van der Waals surface area contributed by atoms with E-state index in [1.165, 1.54) is 12.4 Å². The number of pyridine rings is 1. The molecule has 0 atom stereocenters. The van der Waals surface area contributed by atoms with Crippen LogP contribution in [0.3, 0.4) is 0 Å². The number of aromatic nitrogens is 3. The third-order valence-corrected chi connectivity index (χ3v) is 6.75. The number of carbonyl (C=O) groups is 3. The smallest absolute Gasteiger partial charge is 0.433 e. The average Bonchev–Trinajstić information content (AvgIpc) is 3.28. The van der Waals surface area contributed by atoms with Crippen LogP contribution in [0.2, 0.25) is 10.0 Å². The quantitative estimate of drug-likeness (QED) is 0.325. The predicted octanol–water partition coefficient (Wildman–Crippen LogP) is 5.79. The van der Waals surface area contributed by atoms with E-state index in [4.69, 9.17) is 23.2 Å². The van der Waals surface area contributed by atoms with Crippen molar-refractivity contribution in [1.82, 2.24) is 19.7 Å². The second-order valence-corrected chi connectivity index (χ2v) is 11.1. The zero-order valence-electron chi connectivity index (χ0n) is 21.5. The second kappa shape index (κ2) is 12.0. The summed E-state index contributed by atoms with van der Waals surface area (Å²) in [5, 5.41) is 13.0. The van der Waals surface area contributed by atoms with Gasteiger partial charge in [-0.3, -0.25) is 24.0 Å². The molecule has 210 valence electrons. The maximum atomic E-state index is 14.3. The van der Waals surface area contributed by atoms with Crippen LogP contribution in [0, 0.1) is 23.2 Å². The Morgan fingerprint density at radius 2 is 1.67 bits per heavy atom. The molecule has 0 spiro atoms. The molecule has 0 radical (unpaired) electrons. The molecule has 3 rings (SSSR count). The minimum atomic E-state index is -4.95. The van der Waals surface area contributed by atoms with Gasteiger partial charge in [0.15, 0.2) is 11.5 Å². The minimum Gasteiger partial charge on any atom is -0.481 e. The predicted molar refractivity (Wildman–Crippen MR) is 138 cm³/mol. The van der Waals surface area contributed by atoms with Gasteiger partial charge in [0.1, 0.15) is 0 Å². The Balaban J connectivity index is 1.99. The van der Waals surface area contributed by atoms with Crippen LogP contribution >= 0.6 is 23.2 Å². The first kappa shape index (κ1) is 30.4. The number of carbonyl (C=O) groups excluding carboxylic acids is 2. The summed E-state index contributed by atoms with van der Waals surface area (Å²) in [4.78, 5) is 42.6. The number of hydrogen-bond donors (Lipinski definition) is 1. The number of rotatable bonds is 7. The molecule has 8 nitrogen and oxygen atoms in total. The number of aliphatic carboxylic acids is 1. The van der Waals surface area contributed by atoms with Gasteiger partial charge in [0.25, 0.3) is 5.91 Å². The van der Waals surface area contributed by atoms with Gasteiger partial charge < -0.3 is 10.0 Å². The third-order valence-electron chi connectivity index (χ3n) is 6.17. The summed E-state index contributed by atoms with van der Waals surface area (Å²) in [6, 6.07) is -0.732. The van der Waals surface area contributed by atoms with Crippen LogP contribution in [0.4, 0.5) is 13.2 Å². The lowest BCUT2D eigenvalue weighted by atomic mass is 9.86. The van der Waals surface area contributed by atoms with Crippen molar-refractivity contribution in [3.8, 4) is 11.8 Å². The lowest BCUT2D eigenvalue weighted by Gasteiger charge is -2.28. The van der Waals surface area contributed by atoms with Gasteiger partial charge in [0.05, 0.1) is 52.4 Å². The van der Waals surface area contributed by atoms with Crippen LogP contribution in [0.15, 0.2) is 18.6 Å². The van der Waals surface area contributed by atoms with Crippen molar-refractivity contribution in [3.63, 3.8) is 0 Å². The number of alkyl halides is 3. The van der Waals surface area contributed by atoms with E-state index >= 15 is 0 Å². The summed E-state index contributed by atoms with van der Waals surface area (Å²) in [6.45, 7) is 4.47. The maximum Gasteiger partial charge on any atom is 0.433 e. The summed E-state index contributed by atoms with van der Waals surface area (Å²) < 4.78 is 43.7. The Labute approximate surface area is 233 Å². The number of carboxylic acids is 1. The Morgan fingerprint density at radius 3 is 2.18 bits per heavy atom. The van der Waals surface area contributed by atoms with Crippen LogP contribution in [-0.2, 0) is 11.0 Å². The highest BCUT2D eigenvalue weighted by Gasteiger charge is 2.43. The molecule has 0 aliphatic heterocycles. The van der Waals surface area contributed by atoms with Gasteiger partial charge in [0.2, 0.25) is 0 Å². The summed E-state index contributed by atoms with van der Waals surface area (Å²) in [6.07, 6.45) is -1.03. The number of carboxylic acid groups (broad SMARTS) is 1. The van der Waals surface area contributed by atoms with Crippen molar-refractivity contribution in [3.05, 3.63) is 45.5 Å². The van der Waals surface area contributed by atoms with E-state index in [0.717, 1.165) is 15.8 Å². The molecule has 1 aliphatic carbocycles. The molecule has 0 bridgehead atoms. The van der Waals surface area contributed by atoms with E-state index in [2.05, 4.69) is 21.9 Å². The van der Waals surface area contributed by atoms with E-state index in [9.17, 15) is 32.7 Å². The van der Waals surface area contributed by atoms with Crippen molar-refractivity contribution in [1.29, 1.82) is 0 Å². The lowest BCUT2D eigenvalue weighted by Crippen LogP contribution is -2.37. The average molecular weight is 587 g/mol. The van der Waals surface area contributed by atoms with Crippen molar-refractivity contribution in [2.75, 3.05) is 13.1 Å². The normalized spacial score (nSPS) is 17.7. The lowest BCUT2D eigenvalue weighted by molar-refractivity contribution is -0.147. The van der Waals surface area contributed by atoms with Crippen molar-refractivity contribution < 1.29 is 32.7 Å². The first-order valence-electron chi connectivity index (χ1n) is 12.1. The molecule has 39 heavy (non-hydrogen) atoms. The molecule has 2 heterocycles. The molecule has 1 saturated carbocycles. The Kier molecular flexibility index (Phi) is 9.34. The number of nitrogens with zero attached hydrogens (tertiary/aromatic N) is 4. The van der Waals surface area contributed by atoms with Crippen LogP contribution < -0.4 is 0 Å². The van der Waals surface area contributed by atoms with Gasteiger partial charge in [-0.2, -0.15) is 18.3 Å². The highest BCUT2D eigenvalue weighted by molar-refractivity contribution is 6.39. The molecule has 2 aromatic heterocycles. The van der Waals surface area contributed by atoms with Crippen LogP contribution in [0.1, 0.15) is 78.9 Å². The van der Waals surface area contributed by atoms with Crippen molar-refractivity contribution in [2.45, 2.75) is 58.7 Å². The molecule has 1 fully saturated rings. The van der Waals surface area contributed by atoms with E-state index in [1.54, 1.807) is 0 Å². The first-order valence-corrected chi connectivity index (χ1v) is 12.8. The van der Waals surface area contributed by atoms with Crippen molar-refractivity contribution in [2.24, 2.45) is 11.3 Å². The molecule has 0 saturated heterocycles. The number of halogens is 5. The molecule has 1 N–H and O–H groups in total. The van der Waals surface area contributed by atoms with E-state index < -0.39 is 59.0 Å².